The van der Waals surface area contributed by atoms with Gasteiger partial charge in [0.25, 0.3) is 5.91 Å². The number of carbonyl (C=O) groups excluding carboxylic acids is 1. The minimum absolute atomic E-state index is 0.0266. The van der Waals surface area contributed by atoms with E-state index in [0.717, 1.165) is 11.3 Å². The van der Waals surface area contributed by atoms with Crippen molar-refractivity contribution < 1.29 is 4.79 Å². The summed E-state index contributed by atoms with van der Waals surface area (Å²) in [4.78, 5) is 33.5. The maximum absolute atomic E-state index is 13.0. The van der Waals surface area contributed by atoms with Crippen molar-refractivity contribution in [3.63, 3.8) is 0 Å². The number of imidazole rings is 1. The summed E-state index contributed by atoms with van der Waals surface area (Å²) in [6.07, 6.45) is 3.31. The fourth-order valence-electron chi connectivity index (χ4n) is 3.23. The number of aromatic nitrogens is 5. The molecule has 0 aliphatic rings. The fourth-order valence-corrected chi connectivity index (χ4v) is 3.48. The predicted octanol–water partition coefficient (Wildman–Crippen LogP) is 3.96. The largest absolute Gasteiger partial charge is 0.382 e. The Morgan fingerprint density at radius 1 is 1.10 bits per heavy atom. The summed E-state index contributed by atoms with van der Waals surface area (Å²) >= 11 is 6.18. The van der Waals surface area contributed by atoms with Gasteiger partial charge in [-0.2, -0.15) is 0 Å². The lowest BCUT2D eigenvalue weighted by molar-refractivity contribution is 0.0934. The summed E-state index contributed by atoms with van der Waals surface area (Å²) in [7, 11) is 0. The van der Waals surface area contributed by atoms with Crippen molar-refractivity contribution in [2.24, 2.45) is 0 Å². The number of aromatic amines is 1. The molecule has 4 N–H and O–H groups in total. The van der Waals surface area contributed by atoms with E-state index < -0.39 is 5.91 Å². The number of nitrogens with zero attached hydrogens (tertiary/aromatic N) is 4. The first-order valence-electron chi connectivity index (χ1n) is 9.60. The molecule has 156 valence electrons. The Labute approximate surface area is 184 Å². The number of H-pyrrole nitrogens is 1. The minimum Gasteiger partial charge on any atom is -0.382 e. The van der Waals surface area contributed by atoms with Crippen LogP contribution in [0.4, 0.5) is 5.82 Å². The van der Waals surface area contributed by atoms with Crippen molar-refractivity contribution in [3.05, 3.63) is 77.2 Å². The van der Waals surface area contributed by atoms with E-state index >= 15 is 0 Å². The van der Waals surface area contributed by atoms with E-state index in [0.29, 0.717) is 27.9 Å². The van der Waals surface area contributed by atoms with Crippen LogP contribution in [0.1, 0.15) is 35.0 Å². The Morgan fingerprint density at radius 2 is 1.84 bits per heavy atom. The third kappa shape index (κ3) is 4.39. The van der Waals surface area contributed by atoms with Gasteiger partial charge in [-0.05, 0) is 26.0 Å². The van der Waals surface area contributed by atoms with Gasteiger partial charge in [0.15, 0.2) is 11.5 Å². The first-order valence-corrected chi connectivity index (χ1v) is 9.98. The molecule has 9 heteroatoms. The second-order valence-corrected chi connectivity index (χ2v) is 7.40. The van der Waals surface area contributed by atoms with Crippen molar-refractivity contribution in [1.29, 1.82) is 0 Å². The molecule has 0 spiro atoms. The standard InChI is InChI=1S/C22H20ClN7O/c1-12-10-15(11-16(23)27-12)18-17(14-6-4-3-5-7-14)30-20(24)19(29-18)22(31)28-13(2)21-25-8-9-26-21/h3-11,13H,1-2H3,(H2,24,30)(H,25,26)(H,28,31). The Bertz CT molecular complexity index is 1210. The minimum atomic E-state index is -0.452. The summed E-state index contributed by atoms with van der Waals surface area (Å²) in [5, 5.41) is 3.17. The van der Waals surface area contributed by atoms with Gasteiger partial charge in [-0.1, -0.05) is 41.9 Å². The summed E-state index contributed by atoms with van der Waals surface area (Å²) in [5.74, 6) is 0.202. The number of nitrogens with two attached hydrogens (primary N) is 1. The number of aryl methyl sites for hydroxylation is 1. The van der Waals surface area contributed by atoms with Crippen LogP contribution in [0.3, 0.4) is 0 Å². The van der Waals surface area contributed by atoms with Gasteiger partial charge in [-0.3, -0.25) is 4.79 Å². The monoisotopic (exact) mass is 433 g/mol. The smallest absolute Gasteiger partial charge is 0.274 e. The number of nitrogens with one attached hydrogen (secondary N) is 2. The molecule has 8 nitrogen and oxygen atoms in total. The lowest BCUT2D eigenvalue weighted by Gasteiger charge is -2.15. The zero-order valence-electron chi connectivity index (χ0n) is 16.9. The molecule has 1 unspecified atom stereocenters. The van der Waals surface area contributed by atoms with Gasteiger partial charge in [-0.25, -0.2) is 19.9 Å². The Balaban J connectivity index is 1.81. The van der Waals surface area contributed by atoms with E-state index in [-0.39, 0.29) is 17.6 Å². The van der Waals surface area contributed by atoms with E-state index in [4.69, 9.17) is 17.3 Å². The van der Waals surface area contributed by atoms with Crippen LogP contribution in [0.5, 0.6) is 0 Å². The summed E-state index contributed by atoms with van der Waals surface area (Å²) in [6.45, 7) is 3.65. The average Bonchev–Trinajstić information content (AvgIpc) is 3.28. The molecule has 0 saturated carbocycles. The van der Waals surface area contributed by atoms with Crippen LogP contribution in [0, 0.1) is 6.92 Å². The molecule has 1 aromatic carbocycles. The second kappa shape index (κ2) is 8.53. The zero-order valence-corrected chi connectivity index (χ0v) is 17.7. The van der Waals surface area contributed by atoms with E-state index in [9.17, 15) is 4.79 Å². The van der Waals surface area contributed by atoms with Crippen LogP contribution >= 0.6 is 11.6 Å². The molecule has 0 radical (unpaired) electrons. The number of hydrogen-bond donors (Lipinski definition) is 3. The van der Waals surface area contributed by atoms with E-state index in [1.54, 1.807) is 18.5 Å². The Morgan fingerprint density at radius 3 is 2.52 bits per heavy atom. The molecule has 0 fully saturated rings. The molecule has 3 heterocycles. The summed E-state index contributed by atoms with van der Waals surface area (Å²) in [6, 6.07) is 12.7. The molecular weight excluding hydrogens is 414 g/mol. The van der Waals surface area contributed by atoms with Crippen LogP contribution in [-0.4, -0.2) is 30.8 Å². The van der Waals surface area contributed by atoms with Gasteiger partial charge in [0, 0.05) is 29.2 Å². The number of rotatable bonds is 5. The van der Waals surface area contributed by atoms with Crippen LogP contribution in [0.25, 0.3) is 22.5 Å². The Hall–Kier alpha value is -3.78. The van der Waals surface area contributed by atoms with Crippen molar-refractivity contribution in [2.45, 2.75) is 19.9 Å². The lowest BCUT2D eigenvalue weighted by atomic mass is 10.0. The number of hydrogen-bond acceptors (Lipinski definition) is 6. The molecular formula is C22H20ClN7O. The molecule has 0 aliphatic carbocycles. The van der Waals surface area contributed by atoms with Crippen LogP contribution in [0.2, 0.25) is 5.15 Å². The van der Waals surface area contributed by atoms with E-state index in [1.165, 1.54) is 0 Å². The molecule has 0 saturated heterocycles. The third-order valence-electron chi connectivity index (χ3n) is 4.66. The van der Waals surface area contributed by atoms with E-state index in [1.807, 2.05) is 50.2 Å². The first kappa shape index (κ1) is 20.5. The molecule has 4 aromatic rings. The van der Waals surface area contributed by atoms with Crippen LogP contribution < -0.4 is 11.1 Å². The highest BCUT2D eigenvalue weighted by atomic mass is 35.5. The fraction of sp³-hybridized carbons (Fsp3) is 0.136. The summed E-state index contributed by atoms with van der Waals surface area (Å²) in [5.41, 5.74) is 9.46. The third-order valence-corrected chi connectivity index (χ3v) is 4.85. The molecule has 0 aliphatic heterocycles. The van der Waals surface area contributed by atoms with Gasteiger partial charge < -0.3 is 16.0 Å². The van der Waals surface area contributed by atoms with Gasteiger partial charge in [-0.15, -0.1) is 0 Å². The van der Waals surface area contributed by atoms with Crippen LogP contribution in [-0.2, 0) is 0 Å². The average molecular weight is 434 g/mol. The molecule has 4 rings (SSSR count). The summed E-state index contributed by atoms with van der Waals surface area (Å²) < 4.78 is 0. The quantitative estimate of drug-likeness (QED) is 0.409. The zero-order chi connectivity index (χ0) is 22.0. The SMILES string of the molecule is Cc1cc(-c2nc(C(=O)NC(C)c3ncc[nH]3)c(N)nc2-c2ccccc2)cc(Cl)n1. The van der Waals surface area contributed by atoms with Gasteiger partial charge in [0.2, 0.25) is 0 Å². The van der Waals surface area contributed by atoms with Crippen molar-refractivity contribution in [1.82, 2.24) is 30.2 Å². The second-order valence-electron chi connectivity index (χ2n) is 7.01. The molecule has 3 aromatic heterocycles. The highest BCUT2D eigenvalue weighted by Crippen LogP contribution is 2.32. The van der Waals surface area contributed by atoms with E-state index in [2.05, 4.69) is 30.2 Å². The number of amides is 1. The number of pyridine rings is 1. The molecule has 31 heavy (non-hydrogen) atoms. The number of benzene rings is 1. The number of nitrogen functional groups attached to an aromatic ring is 1. The number of halogens is 1. The first-order chi connectivity index (χ1) is 14.9. The topological polar surface area (TPSA) is 122 Å². The molecule has 1 atom stereocenters. The maximum atomic E-state index is 13.0. The van der Waals surface area contributed by atoms with Crippen molar-refractivity contribution in [2.75, 3.05) is 5.73 Å². The predicted molar refractivity (Wildman–Crippen MR) is 119 cm³/mol. The van der Waals surface area contributed by atoms with Gasteiger partial charge in [0.05, 0.1) is 17.4 Å². The molecule has 1 amide bonds. The van der Waals surface area contributed by atoms with Crippen molar-refractivity contribution >= 4 is 23.3 Å². The normalized spacial score (nSPS) is 11.8. The van der Waals surface area contributed by atoms with Gasteiger partial charge in [0.1, 0.15) is 11.0 Å². The highest BCUT2D eigenvalue weighted by molar-refractivity contribution is 6.29. The van der Waals surface area contributed by atoms with Crippen molar-refractivity contribution in [3.8, 4) is 22.5 Å². The maximum Gasteiger partial charge on any atom is 0.274 e. The Kier molecular flexibility index (Phi) is 5.64. The number of anilines is 1. The van der Waals surface area contributed by atoms with Crippen LogP contribution in [0.15, 0.2) is 54.9 Å². The lowest BCUT2D eigenvalue weighted by Crippen LogP contribution is -2.29. The number of carbonyl (C=O) groups is 1. The van der Waals surface area contributed by atoms with Gasteiger partial charge >= 0.3 is 0 Å². The highest BCUT2D eigenvalue weighted by Gasteiger charge is 2.22. The molecule has 0 bridgehead atoms.